The van der Waals surface area contributed by atoms with Gasteiger partial charge >= 0.3 is 0 Å². The molecule has 0 bridgehead atoms. The summed E-state index contributed by atoms with van der Waals surface area (Å²) >= 11 is 0. The molecule has 10 rings (SSSR count). The zero-order valence-electron chi connectivity index (χ0n) is 33.6. The van der Waals surface area contributed by atoms with Gasteiger partial charge in [0.2, 0.25) is 11.8 Å². The molecule has 3 saturated heterocycles. The van der Waals surface area contributed by atoms with E-state index in [1.807, 2.05) is 60.7 Å². The summed E-state index contributed by atoms with van der Waals surface area (Å²) in [6, 6.07) is 22.4. The van der Waals surface area contributed by atoms with Crippen molar-refractivity contribution >= 4 is 46.2 Å². The Morgan fingerprint density at radius 2 is 1.48 bits per heavy atom. The third kappa shape index (κ3) is 7.06. The molecule has 14 heteroatoms. The molecule has 4 amide bonds. The minimum absolute atomic E-state index is 0.103. The number of para-hydroxylation sites is 1. The van der Waals surface area contributed by atoms with E-state index in [0.29, 0.717) is 28.3 Å². The number of piperidine rings is 3. The first kappa shape index (κ1) is 38.1. The van der Waals surface area contributed by atoms with Crippen LogP contribution in [0.3, 0.4) is 0 Å². The van der Waals surface area contributed by atoms with Gasteiger partial charge in [-0.1, -0.05) is 18.2 Å². The first-order chi connectivity index (χ1) is 29.2. The lowest BCUT2D eigenvalue weighted by molar-refractivity contribution is -0.136. The highest BCUT2D eigenvalue weighted by molar-refractivity contribution is 6.23. The molecule has 4 fully saturated rings. The topological polar surface area (TPSA) is 169 Å². The second-order valence-corrected chi connectivity index (χ2v) is 17.3. The van der Waals surface area contributed by atoms with Crippen molar-refractivity contribution in [1.29, 1.82) is 0 Å². The third-order valence-corrected chi connectivity index (χ3v) is 13.8. The zero-order chi connectivity index (χ0) is 41.0. The Hall–Kier alpha value is -6.15. The lowest BCUT2D eigenvalue weighted by Crippen LogP contribution is -2.54. The first-order valence-electron chi connectivity index (χ1n) is 21.4. The highest BCUT2D eigenvalue weighted by Gasteiger charge is 2.45. The van der Waals surface area contributed by atoms with Crippen LogP contribution < -0.4 is 20.7 Å². The number of imide groups is 2. The normalized spacial score (nSPS) is 21.5. The predicted octanol–water partition coefficient (Wildman–Crippen LogP) is 6.38. The fourth-order valence-corrected chi connectivity index (χ4v) is 10.3. The van der Waals surface area contributed by atoms with Crippen LogP contribution in [-0.4, -0.2) is 91.9 Å². The summed E-state index contributed by atoms with van der Waals surface area (Å²) in [5, 5.41) is 8.23. The smallest absolute Gasteiger partial charge is 0.262 e. The van der Waals surface area contributed by atoms with Crippen LogP contribution in [0, 0.1) is 11.3 Å². The molecule has 0 radical (unpaired) electrons. The summed E-state index contributed by atoms with van der Waals surface area (Å²) in [4.78, 5) is 65.7. The second-order valence-electron chi connectivity index (χ2n) is 17.3. The van der Waals surface area contributed by atoms with E-state index in [4.69, 9.17) is 20.6 Å². The van der Waals surface area contributed by atoms with E-state index in [9.17, 15) is 19.2 Å². The summed E-state index contributed by atoms with van der Waals surface area (Å²) in [6.45, 7) is 5.12. The number of fused-ring (bicyclic) bond motifs is 2. The Labute approximate surface area is 348 Å². The van der Waals surface area contributed by atoms with Gasteiger partial charge in [0.05, 0.1) is 22.6 Å². The number of aromatic nitrogens is 4. The number of rotatable bonds is 8. The fourth-order valence-electron chi connectivity index (χ4n) is 10.3. The summed E-state index contributed by atoms with van der Waals surface area (Å²) in [5.41, 5.74) is 11.0. The van der Waals surface area contributed by atoms with Crippen LogP contribution >= 0.6 is 0 Å². The maximum absolute atomic E-state index is 13.4. The number of benzene rings is 3. The minimum Gasteiger partial charge on any atom is -0.457 e. The lowest BCUT2D eigenvalue weighted by Gasteiger charge is -2.47. The molecule has 60 heavy (non-hydrogen) atoms. The predicted molar refractivity (Wildman–Crippen MR) is 225 cm³/mol. The fraction of sp³-hybridized carbons (Fsp3) is 0.413. The maximum atomic E-state index is 13.4. The van der Waals surface area contributed by atoms with E-state index < -0.39 is 23.8 Å². The average molecular weight is 808 g/mol. The number of amides is 4. The van der Waals surface area contributed by atoms with Crippen molar-refractivity contribution in [3.05, 3.63) is 90.3 Å². The van der Waals surface area contributed by atoms with E-state index in [1.54, 1.807) is 18.5 Å². The summed E-state index contributed by atoms with van der Waals surface area (Å²) < 4.78 is 8.14. The number of ether oxygens (including phenoxy) is 1. The maximum Gasteiger partial charge on any atom is 0.262 e. The molecular formula is C46H49N9O5. The molecule has 1 saturated carbocycles. The molecule has 3 N–H and O–H groups in total. The van der Waals surface area contributed by atoms with Gasteiger partial charge in [0.15, 0.2) is 5.65 Å². The monoisotopic (exact) mass is 807 g/mol. The SMILES string of the molecule is Nc1ncnc2c1c(-c1ccc(Oc3ccccc3)cc1)nn2C1CCC2(CC1)CCN(CC1CCN(c3ccc4c(c3)C(=O)N(C3CCC(=O)NC3=O)C4=O)CC1)CC2. The quantitative estimate of drug-likeness (QED) is 0.167. The van der Waals surface area contributed by atoms with Gasteiger partial charge in [0, 0.05) is 37.3 Å². The van der Waals surface area contributed by atoms with Crippen LogP contribution in [0.2, 0.25) is 0 Å². The Bertz CT molecular complexity index is 2460. The van der Waals surface area contributed by atoms with E-state index in [1.165, 1.54) is 25.7 Å². The molecule has 4 aliphatic heterocycles. The zero-order valence-corrected chi connectivity index (χ0v) is 33.6. The molecule has 5 aromatic rings. The number of anilines is 2. The van der Waals surface area contributed by atoms with E-state index in [-0.39, 0.29) is 24.8 Å². The molecule has 14 nitrogen and oxygen atoms in total. The largest absolute Gasteiger partial charge is 0.457 e. The van der Waals surface area contributed by atoms with Gasteiger partial charge in [-0.25, -0.2) is 14.6 Å². The molecule has 6 heterocycles. The number of hydrogen-bond acceptors (Lipinski definition) is 11. The van der Waals surface area contributed by atoms with Crippen molar-refractivity contribution in [3.8, 4) is 22.8 Å². The van der Waals surface area contributed by atoms with Crippen LogP contribution in [0.15, 0.2) is 79.1 Å². The number of likely N-dealkylation sites (tertiary alicyclic amines) is 1. The van der Waals surface area contributed by atoms with Crippen LogP contribution in [0.4, 0.5) is 11.5 Å². The van der Waals surface area contributed by atoms with Gasteiger partial charge in [-0.3, -0.25) is 29.4 Å². The van der Waals surface area contributed by atoms with Gasteiger partial charge in [-0.2, -0.15) is 5.10 Å². The van der Waals surface area contributed by atoms with Crippen LogP contribution in [0.1, 0.15) is 91.0 Å². The van der Waals surface area contributed by atoms with E-state index >= 15 is 0 Å². The standard InChI is InChI=1S/C46H49N9O5/c47-41-39-40(30-6-9-34(10-7-30)60-33-4-2-1-3-5-33)51-55(42(39)49-28-48-41)31-14-18-46(19-15-31)20-24-52(25-21-46)27-29-16-22-53(23-17-29)32-8-11-35-36(26-32)45(59)54(44(35)58)37-12-13-38(56)50-43(37)57/h1-11,26,28-29,31,37H,12-25,27H2,(H2,47,48,49)(H,50,56,57). The Morgan fingerprint density at radius 3 is 2.22 bits per heavy atom. The summed E-state index contributed by atoms with van der Waals surface area (Å²) in [6.07, 6.45) is 10.8. The highest BCUT2D eigenvalue weighted by Crippen LogP contribution is 2.49. The Morgan fingerprint density at radius 1 is 0.767 bits per heavy atom. The first-order valence-corrected chi connectivity index (χ1v) is 21.4. The Kier molecular flexibility index (Phi) is 9.81. The third-order valence-electron chi connectivity index (χ3n) is 13.8. The number of carbonyl (C=O) groups is 4. The van der Waals surface area contributed by atoms with Gasteiger partial charge in [-0.15, -0.1) is 0 Å². The summed E-state index contributed by atoms with van der Waals surface area (Å²) in [5.74, 6) is 0.675. The summed E-state index contributed by atoms with van der Waals surface area (Å²) in [7, 11) is 0. The van der Waals surface area contributed by atoms with Crippen molar-refractivity contribution in [2.45, 2.75) is 76.3 Å². The van der Waals surface area contributed by atoms with Gasteiger partial charge < -0.3 is 20.3 Å². The molecule has 3 aromatic carbocycles. The van der Waals surface area contributed by atoms with Crippen LogP contribution in [0.25, 0.3) is 22.3 Å². The molecule has 1 unspecified atom stereocenters. The Balaban J connectivity index is 0.724. The highest BCUT2D eigenvalue weighted by atomic mass is 16.5. The van der Waals surface area contributed by atoms with Crippen molar-refractivity contribution in [3.63, 3.8) is 0 Å². The van der Waals surface area contributed by atoms with E-state index in [2.05, 4.69) is 24.8 Å². The van der Waals surface area contributed by atoms with Crippen molar-refractivity contribution in [2.24, 2.45) is 11.3 Å². The molecule has 1 spiro atoms. The van der Waals surface area contributed by atoms with Gasteiger partial charge in [0.25, 0.3) is 11.8 Å². The number of nitrogen functional groups attached to an aromatic ring is 1. The van der Waals surface area contributed by atoms with Crippen molar-refractivity contribution in [2.75, 3.05) is 43.4 Å². The van der Waals surface area contributed by atoms with Crippen molar-refractivity contribution < 1.29 is 23.9 Å². The number of carbonyl (C=O) groups excluding carboxylic acids is 4. The number of nitrogens with zero attached hydrogens (tertiary/aromatic N) is 7. The number of hydrogen-bond donors (Lipinski definition) is 2. The molecule has 5 aliphatic rings. The molecule has 2 aromatic heterocycles. The second kappa shape index (κ2) is 15.5. The van der Waals surface area contributed by atoms with Crippen molar-refractivity contribution in [1.82, 2.24) is 34.9 Å². The van der Waals surface area contributed by atoms with Crippen LogP contribution in [-0.2, 0) is 9.59 Å². The van der Waals surface area contributed by atoms with Gasteiger partial charge in [-0.05, 0) is 137 Å². The molecule has 1 atom stereocenters. The number of nitrogens with one attached hydrogen (secondary N) is 1. The number of nitrogens with two attached hydrogens (primary N) is 1. The van der Waals surface area contributed by atoms with Crippen LogP contribution in [0.5, 0.6) is 11.5 Å². The van der Waals surface area contributed by atoms with E-state index in [0.717, 1.165) is 103 Å². The lowest BCUT2D eigenvalue weighted by atomic mass is 9.67. The van der Waals surface area contributed by atoms with Gasteiger partial charge in [0.1, 0.15) is 35.4 Å². The molecular weight excluding hydrogens is 759 g/mol. The minimum atomic E-state index is -0.960. The average Bonchev–Trinajstić information content (AvgIpc) is 3.78. The molecule has 308 valence electrons. The molecule has 1 aliphatic carbocycles.